The third kappa shape index (κ3) is 4.87. The van der Waals surface area contributed by atoms with Gasteiger partial charge in [-0.2, -0.15) is 0 Å². The average Bonchev–Trinajstić information content (AvgIpc) is 3.33. The lowest BCUT2D eigenvalue weighted by molar-refractivity contribution is -0.121. The minimum atomic E-state index is -3.03. The molecular weight excluding hydrogens is 450 g/mol. The van der Waals surface area contributed by atoms with Crippen LogP contribution >= 0.6 is 34.3 Å². The molecule has 4 rings (SSSR count). The van der Waals surface area contributed by atoms with E-state index in [0.29, 0.717) is 22.6 Å². The van der Waals surface area contributed by atoms with Gasteiger partial charge in [-0.1, -0.05) is 41.9 Å². The molecule has 1 amide bonds. The SMILES string of the molecule is O=C(Nc1nc(-c2ccc(Cl)s2)cs1)C(c1ccccc1)N1CCS(=O)(=O)CC1. The number of anilines is 1. The first-order valence-corrected chi connectivity index (χ1v) is 12.8. The van der Waals surface area contributed by atoms with E-state index in [-0.39, 0.29) is 17.4 Å². The van der Waals surface area contributed by atoms with Crippen LogP contribution in [-0.4, -0.2) is 48.8 Å². The van der Waals surface area contributed by atoms with E-state index >= 15 is 0 Å². The Morgan fingerprint density at radius 3 is 2.52 bits per heavy atom. The van der Waals surface area contributed by atoms with Crippen LogP contribution < -0.4 is 5.32 Å². The summed E-state index contributed by atoms with van der Waals surface area (Å²) in [4.78, 5) is 20.5. The molecule has 1 aliphatic rings. The summed E-state index contributed by atoms with van der Waals surface area (Å²) in [5.41, 5.74) is 1.59. The fraction of sp³-hybridized carbons (Fsp3) is 0.263. The normalized spacial score (nSPS) is 17.7. The van der Waals surface area contributed by atoms with E-state index in [4.69, 9.17) is 11.6 Å². The van der Waals surface area contributed by atoms with Crippen LogP contribution in [0.3, 0.4) is 0 Å². The molecule has 0 aliphatic carbocycles. The number of halogens is 1. The fourth-order valence-electron chi connectivity index (χ4n) is 3.22. The van der Waals surface area contributed by atoms with Crippen LogP contribution in [0.1, 0.15) is 11.6 Å². The Hall–Kier alpha value is -1.78. The van der Waals surface area contributed by atoms with Crippen molar-refractivity contribution in [3.05, 3.63) is 57.7 Å². The van der Waals surface area contributed by atoms with Gasteiger partial charge in [-0.25, -0.2) is 13.4 Å². The van der Waals surface area contributed by atoms with Crippen molar-refractivity contribution in [2.75, 3.05) is 29.9 Å². The summed E-state index contributed by atoms with van der Waals surface area (Å²) in [5.74, 6) is -0.102. The van der Waals surface area contributed by atoms with E-state index in [1.54, 1.807) is 0 Å². The molecule has 10 heteroatoms. The van der Waals surface area contributed by atoms with Crippen LogP contribution in [0.15, 0.2) is 47.8 Å². The number of rotatable bonds is 5. The number of sulfone groups is 1. The van der Waals surface area contributed by atoms with Crippen LogP contribution in [0.2, 0.25) is 4.34 Å². The van der Waals surface area contributed by atoms with Crippen molar-refractivity contribution in [1.29, 1.82) is 0 Å². The first-order valence-electron chi connectivity index (χ1n) is 8.93. The standard InChI is InChI=1S/C19H18ClN3O3S3/c20-16-7-6-15(28-16)14-12-27-19(21-14)22-18(24)17(13-4-2-1-3-5-13)23-8-10-29(25,26)11-9-23/h1-7,12,17H,8-11H2,(H,21,22,24). The van der Waals surface area contributed by atoms with Gasteiger partial charge >= 0.3 is 0 Å². The molecule has 0 radical (unpaired) electrons. The van der Waals surface area contributed by atoms with Crippen molar-refractivity contribution in [3.8, 4) is 10.6 Å². The molecule has 1 unspecified atom stereocenters. The van der Waals surface area contributed by atoms with Gasteiger partial charge in [0, 0.05) is 18.5 Å². The Bertz CT molecular complexity index is 1100. The van der Waals surface area contributed by atoms with Crippen LogP contribution in [0.25, 0.3) is 10.6 Å². The van der Waals surface area contributed by atoms with E-state index in [2.05, 4.69) is 10.3 Å². The lowest BCUT2D eigenvalue weighted by atomic mass is 10.0. The summed E-state index contributed by atoms with van der Waals surface area (Å²) in [5, 5.41) is 5.28. The summed E-state index contributed by atoms with van der Waals surface area (Å²) in [7, 11) is -3.03. The second-order valence-electron chi connectivity index (χ2n) is 6.63. The molecule has 152 valence electrons. The number of carbonyl (C=O) groups is 1. The first-order chi connectivity index (χ1) is 13.9. The molecule has 1 fully saturated rings. The number of amides is 1. The molecule has 29 heavy (non-hydrogen) atoms. The first kappa shape index (κ1) is 20.5. The molecule has 0 bridgehead atoms. The Kier molecular flexibility index (Phi) is 6.03. The van der Waals surface area contributed by atoms with Crippen LogP contribution in [0.5, 0.6) is 0 Å². The van der Waals surface area contributed by atoms with E-state index in [0.717, 1.165) is 16.1 Å². The number of carbonyl (C=O) groups excluding carboxylic acids is 1. The molecule has 1 atom stereocenters. The van der Waals surface area contributed by atoms with Gasteiger partial charge in [0.05, 0.1) is 26.4 Å². The minimum Gasteiger partial charge on any atom is -0.300 e. The average molecular weight is 468 g/mol. The highest BCUT2D eigenvalue weighted by atomic mass is 35.5. The molecule has 1 N–H and O–H groups in total. The predicted octanol–water partition coefficient (Wildman–Crippen LogP) is 3.94. The number of aromatic nitrogens is 1. The Labute approximate surface area is 182 Å². The summed E-state index contributed by atoms with van der Waals surface area (Å²) < 4.78 is 24.3. The lowest BCUT2D eigenvalue weighted by Gasteiger charge is -2.33. The number of nitrogens with one attached hydrogen (secondary N) is 1. The van der Waals surface area contributed by atoms with Crippen molar-refractivity contribution >= 4 is 55.2 Å². The molecule has 2 aromatic heterocycles. The molecule has 3 aromatic rings. The Morgan fingerprint density at radius 2 is 1.86 bits per heavy atom. The van der Waals surface area contributed by atoms with Crippen LogP contribution in [0.4, 0.5) is 5.13 Å². The fourth-order valence-corrected chi connectivity index (χ4v) is 6.24. The van der Waals surface area contributed by atoms with Crippen molar-refractivity contribution in [2.45, 2.75) is 6.04 Å². The lowest BCUT2D eigenvalue weighted by Crippen LogP contribution is -2.46. The molecule has 1 saturated heterocycles. The Balaban J connectivity index is 1.55. The molecule has 0 spiro atoms. The van der Waals surface area contributed by atoms with Crippen LogP contribution in [-0.2, 0) is 14.6 Å². The smallest absolute Gasteiger partial charge is 0.248 e. The monoisotopic (exact) mass is 467 g/mol. The van der Waals surface area contributed by atoms with Crippen molar-refractivity contribution in [3.63, 3.8) is 0 Å². The molecule has 3 heterocycles. The maximum Gasteiger partial charge on any atom is 0.248 e. The van der Waals surface area contributed by atoms with Crippen molar-refractivity contribution in [1.82, 2.24) is 9.88 Å². The van der Waals surface area contributed by atoms with Crippen molar-refractivity contribution < 1.29 is 13.2 Å². The maximum atomic E-state index is 13.2. The molecule has 1 aromatic carbocycles. The minimum absolute atomic E-state index is 0.0597. The highest BCUT2D eigenvalue weighted by Gasteiger charge is 2.32. The van der Waals surface area contributed by atoms with E-state index in [1.807, 2.05) is 52.7 Å². The maximum absolute atomic E-state index is 13.2. The number of benzene rings is 1. The van der Waals surface area contributed by atoms with Gasteiger partial charge in [0.15, 0.2) is 15.0 Å². The van der Waals surface area contributed by atoms with Gasteiger partial charge in [-0.15, -0.1) is 22.7 Å². The number of hydrogen-bond acceptors (Lipinski definition) is 7. The van der Waals surface area contributed by atoms with E-state index < -0.39 is 15.9 Å². The van der Waals surface area contributed by atoms with Crippen LogP contribution in [0, 0.1) is 0 Å². The van der Waals surface area contributed by atoms with Gasteiger partial charge < -0.3 is 5.32 Å². The van der Waals surface area contributed by atoms with E-state index in [9.17, 15) is 13.2 Å². The number of thiophene rings is 1. The van der Waals surface area contributed by atoms with Gasteiger partial charge in [0.2, 0.25) is 5.91 Å². The van der Waals surface area contributed by atoms with E-state index in [1.165, 1.54) is 22.7 Å². The van der Waals surface area contributed by atoms with Gasteiger partial charge in [-0.3, -0.25) is 9.69 Å². The summed E-state index contributed by atoms with van der Waals surface area (Å²) in [6, 6.07) is 12.5. The number of hydrogen-bond donors (Lipinski definition) is 1. The second-order valence-corrected chi connectivity index (χ2v) is 11.5. The summed E-state index contributed by atoms with van der Waals surface area (Å²) in [6.07, 6.45) is 0. The number of nitrogens with zero attached hydrogens (tertiary/aromatic N) is 2. The van der Waals surface area contributed by atoms with Gasteiger partial charge in [-0.05, 0) is 17.7 Å². The van der Waals surface area contributed by atoms with Gasteiger partial charge in [0.1, 0.15) is 6.04 Å². The molecule has 1 aliphatic heterocycles. The second kappa shape index (κ2) is 8.53. The zero-order chi connectivity index (χ0) is 20.4. The predicted molar refractivity (Wildman–Crippen MR) is 118 cm³/mol. The largest absolute Gasteiger partial charge is 0.300 e. The zero-order valence-corrected chi connectivity index (χ0v) is 18.5. The third-order valence-corrected chi connectivity index (χ3v) is 8.29. The highest BCUT2D eigenvalue weighted by molar-refractivity contribution is 7.91. The molecular formula is C19H18ClN3O3S3. The van der Waals surface area contributed by atoms with Crippen molar-refractivity contribution in [2.24, 2.45) is 0 Å². The quantitative estimate of drug-likeness (QED) is 0.614. The topological polar surface area (TPSA) is 79.4 Å². The Morgan fingerprint density at radius 1 is 1.14 bits per heavy atom. The van der Waals surface area contributed by atoms with Gasteiger partial charge in [0.25, 0.3) is 0 Å². The third-order valence-electron chi connectivity index (χ3n) is 4.67. The zero-order valence-electron chi connectivity index (χ0n) is 15.2. The number of thiazole rings is 1. The molecule has 0 saturated carbocycles. The summed E-state index contributed by atoms with van der Waals surface area (Å²) >= 11 is 8.77. The molecule has 6 nitrogen and oxygen atoms in total. The highest BCUT2D eigenvalue weighted by Crippen LogP contribution is 2.33. The summed E-state index contributed by atoms with van der Waals surface area (Å²) in [6.45, 7) is 0.651.